The van der Waals surface area contributed by atoms with E-state index in [0.29, 0.717) is 49.8 Å². The number of Topliss-reactive ketones (excluding diaryl/α,β-unsaturated/α-hetero) is 1. The summed E-state index contributed by atoms with van der Waals surface area (Å²) in [6.07, 6.45) is 0.726. The highest BCUT2D eigenvalue weighted by molar-refractivity contribution is 6.46. The molecule has 0 bridgehead atoms. The standard InChI is InChI=1S/C29H36N2O6/c1-4-36-23-10-6-21(7-11-23)26-25(27(32)22-8-12-24(13-9-22)37-20(2)3)28(33)29(34)31(26)15-5-14-30-16-18-35-19-17-30/h6-13,20,26,32H,4-5,14-19H2,1-3H3/b27-25+/t26-/m0/s1. The van der Waals surface area contributed by atoms with Crippen molar-refractivity contribution in [3.8, 4) is 11.5 Å². The topological polar surface area (TPSA) is 88.5 Å². The van der Waals surface area contributed by atoms with Crippen molar-refractivity contribution < 1.29 is 28.9 Å². The van der Waals surface area contributed by atoms with Gasteiger partial charge in [-0.05, 0) is 69.2 Å². The number of morpholine rings is 1. The van der Waals surface area contributed by atoms with Crippen LogP contribution in [0.5, 0.6) is 11.5 Å². The summed E-state index contributed by atoms with van der Waals surface area (Å²) in [5.41, 5.74) is 1.30. The number of ether oxygens (including phenoxy) is 3. The van der Waals surface area contributed by atoms with E-state index in [0.717, 1.165) is 25.2 Å². The van der Waals surface area contributed by atoms with Crippen molar-refractivity contribution in [2.45, 2.75) is 39.3 Å². The Balaban J connectivity index is 1.65. The first-order chi connectivity index (χ1) is 17.9. The van der Waals surface area contributed by atoms with Gasteiger partial charge in [0.25, 0.3) is 11.7 Å². The number of aliphatic hydroxyl groups excluding tert-OH is 1. The minimum atomic E-state index is -0.688. The first-order valence-corrected chi connectivity index (χ1v) is 13.0. The predicted octanol–water partition coefficient (Wildman–Crippen LogP) is 4.02. The predicted molar refractivity (Wildman–Crippen MR) is 141 cm³/mol. The second-order valence-corrected chi connectivity index (χ2v) is 9.49. The molecule has 2 aliphatic rings. The van der Waals surface area contributed by atoms with Crippen molar-refractivity contribution in [2.75, 3.05) is 46.0 Å². The lowest BCUT2D eigenvalue weighted by molar-refractivity contribution is -0.140. The number of carbonyl (C=O) groups is 2. The molecule has 0 aliphatic carbocycles. The molecule has 2 aromatic rings. The van der Waals surface area contributed by atoms with Gasteiger partial charge in [0.2, 0.25) is 0 Å². The summed E-state index contributed by atoms with van der Waals surface area (Å²) in [4.78, 5) is 30.4. The Morgan fingerprint density at radius 3 is 2.27 bits per heavy atom. The Hall–Kier alpha value is -3.36. The quantitative estimate of drug-likeness (QED) is 0.295. The Labute approximate surface area is 218 Å². The van der Waals surface area contributed by atoms with Crippen LogP contribution in [-0.2, 0) is 14.3 Å². The van der Waals surface area contributed by atoms with Crippen molar-refractivity contribution in [3.63, 3.8) is 0 Å². The minimum Gasteiger partial charge on any atom is -0.507 e. The lowest BCUT2D eigenvalue weighted by Gasteiger charge is -2.29. The third-order valence-electron chi connectivity index (χ3n) is 6.52. The Morgan fingerprint density at radius 1 is 1.00 bits per heavy atom. The summed E-state index contributed by atoms with van der Waals surface area (Å²) in [5.74, 6) is -0.0918. The van der Waals surface area contributed by atoms with Crippen LogP contribution in [-0.4, -0.2) is 78.7 Å². The molecular formula is C29H36N2O6. The van der Waals surface area contributed by atoms with Crippen LogP contribution >= 0.6 is 0 Å². The normalized spacial score (nSPS) is 20.0. The van der Waals surface area contributed by atoms with Gasteiger partial charge >= 0.3 is 0 Å². The van der Waals surface area contributed by atoms with Crippen LogP contribution in [0.3, 0.4) is 0 Å². The van der Waals surface area contributed by atoms with Crippen LogP contribution in [0.4, 0.5) is 0 Å². The van der Waals surface area contributed by atoms with Crippen LogP contribution < -0.4 is 9.47 Å². The maximum Gasteiger partial charge on any atom is 0.295 e. The molecule has 1 amide bonds. The zero-order chi connectivity index (χ0) is 26.4. The molecule has 2 fully saturated rings. The van der Waals surface area contributed by atoms with Crippen molar-refractivity contribution in [1.82, 2.24) is 9.80 Å². The first kappa shape index (κ1) is 26.7. The maximum absolute atomic E-state index is 13.3. The lowest BCUT2D eigenvalue weighted by Crippen LogP contribution is -2.38. The van der Waals surface area contributed by atoms with Crippen molar-refractivity contribution in [2.24, 2.45) is 0 Å². The number of aliphatic hydroxyl groups is 1. The number of benzene rings is 2. The van der Waals surface area contributed by atoms with Crippen LogP contribution in [0.2, 0.25) is 0 Å². The van der Waals surface area contributed by atoms with Gasteiger partial charge in [0.15, 0.2) is 0 Å². The highest BCUT2D eigenvalue weighted by Crippen LogP contribution is 2.40. The van der Waals surface area contributed by atoms with E-state index in [4.69, 9.17) is 14.2 Å². The highest BCUT2D eigenvalue weighted by Gasteiger charge is 2.45. The van der Waals surface area contributed by atoms with E-state index in [1.54, 1.807) is 29.2 Å². The molecule has 0 spiro atoms. The van der Waals surface area contributed by atoms with Crippen LogP contribution in [0.15, 0.2) is 54.1 Å². The fourth-order valence-corrected chi connectivity index (χ4v) is 4.78. The van der Waals surface area contributed by atoms with Gasteiger partial charge in [-0.3, -0.25) is 14.5 Å². The van der Waals surface area contributed by atoms with E-state index in [-0.39, 0.29) is 17.4 Å². The molecule has 1 N–H and O–H groups in total. The smallest absolute Gasteiger partial charge is 0.295 e. The molecule has 2 aromatic carbocycles. The summed E-state index contributed by atoms with van der Waals surface area (Å²) in [7, 11) is 0. The molecule has 0 unspecified atom stereocenters. The largest absolute Gasteiger partial charge is 0.507 e. The van der Waals surface area contributed by atoms with Crippen molar-refractivity contribution >= 4 is 17.4 Å². The molecule has 4 rings (SSSR count). The van der Waals surface area contributed by atoms with E-state index in [2.05, 4.69) is 4.90 Å². The lowest BCUT2D eigenvalue weighted by atomic mass is 9.95. The third kappa shape index (κ3) is 6.32. The molecule has 8 heteroatoms. The fourth-order valence-electron chi connectivity index (χ4n) is 4.78. The number of hydrogen-bond acceptors (Lipinski definition) is 7. The minimum absolute atomic E-state index is 0.0156. The summed E-state index contributed by atoms with van der Waals surface area (Å²) < 4.78 is 16.7. The number of hydrogen-bond donors (Lipinski definition) is 1. The van der Waals surface area contributed by atoms with Gasteiger partial charge in [0.05, 0.1) is 37.5 Å². The Bertz CT molecular complexity index is 1100. The van der Waals surface area contributed by atoms with E-state index >= 15 is 0 Å². The third-order valence-corrected chi connectivity index (χ3v) is 6.52. The monoisotopic (exact) mass is 508 g/mol. The molecule has 0 aromatic heterocycles. The molecule has 8 nitrogen and oxygen atoms in total. The van der Waals surface area contributed by atoms with Crippen LogP contribution in [0, 0.1) is 0 Å². The van der Waals surface area contributed by atoms with Crippen molar-refractivity contribution in [1.29, 1.82) is 0 Å². The number of ketones is 1. The molecule has 0 radical (unpaired) electrons. The summed E-state index contributed by atoms with van der Waals surface area (Å²) in [6.45, 7) is 10.7. The summed E-state index contributed by atoms with van der Waals surface area (Å²) >= 11 is 0. The zero-order valence-corrected chi connectivity index (χ0v) is 21.8. The molecule has 1 atom stereocenters. The number of rotatable bonds is 10. The van der Waals surface area contributed by atoms with Crippen LogP contribution in [0.25, 0.3) is 5.76 Å². The van der Waals surface area contributed by atoms with E-state index < -0.39 is 17.7 Å². The van der Waals surface area contributed by atoms with Gasteiger partial charge in [0, 0.05) is 31.7 Å². The van der Waals surface area contributed by atoms with Gasteiger partial charge in [-0.15, -0.1) is 0 Å². The average Bonchev–Trinajstić information content (AvgIpc) is 3.15. The van der Waals surface area contributed by atoms with Crippen molar-refractivity contribution in [3.05, 3.63) is 65.2 Å². The first-order valence-electron chi connectivity index (χ1n) is 13.0. The molecular weight excluding hydrogens is 472 g/mol. The molecule has 2 aliphatic heterocycles. The molecule has 0 saturated carbocycles. The molecule has 2 heterocycles. The molecule has 198 valence electrons. The van der Waals surface area contributed by atoms with E-state index in [1.807, 2.05) is 45.0 Å². The zero-order valence-electron chi connectivity index (χ0n) is 21.8. The number of amides is 1. The second-order valence-electron chi connectivity index (χ2n) is 9.49. The van der Waals surface area contributed by atoms with Gasteiger partial charge < -0.3 is 24.2 Å². The van der Waals surface area contributed by atoms with Gasteiger partial charge in [0.1, 0.15) is 17.3 Å². The average molecular weight is 509 g/mol. The Kier molecular flexibility index (Phi) is 8.84. The SMILES string of the molecule is CCOc1ccc([C@H]2/C(=C(\O)c3ccc(OC(C)C)cc3)C(=O)C(=O)N2CCCN2CCOCC2)cc1. The highest BCUT2D eigenvalue weighted by atomic mass is 16.5. The fraction of sp³-hybridized carbons (Fsp3) is 0.448. The summed E-state index contributed by atoms with van der Waals surface area (Å²) in [5, 5.41) is 11.3. The van der Waals surface area contributed by atoms with Gasteiger partial charge in [-0.25, -0.2) is 0 Å². The van der Waals surface area contributed by atoms with Crippen LogP contribution in [0.1, 0.15) is 44.4 Å². The Morgan fingerprint density at radius 2 is 1.65 bits per heavy atom. The van der Waals surface area contributed by atoms with E-state index in [9.17, 15) is 14.7 Å². The maximum atomic E-state index is 13.3. The number of nitrogens with zero attached hydrogens (tertiary/aromatic N) is 2. The molecule has 37 heavy (non-hydrogen) atoms. The summed E-state index contributed by atoms with van der Waals surface area (Å²) in [6, 6.07) is 13.6. The second kappa shape index (κ2) is 12.3. The molecule has 2 saturated heterocycles. The number of likely N-dealkylation sites (tertiary alicyclic amines) is 1. The van der Waals surface area contributed by atoms with E-state index in [1.165, 1.54) is 0 Å². The van der Waals surface area contributed by atoms with Gasteiger partial charge in [-0.1, -0.05) is 12.1 Å². The number of carbonyl (C=O) groups excluding carboxylic acids is 2. The van der Waals surface area contributed by atoms with Gasteiger partial charge in [-0.2, -0.15) is 0 Å².